The molecule has 1 aliphatic heterocycles. The molecule has 110 valence electrons. The number of hydrogen-bond donors (Lipinski definition) is 3. The van der Waals surface area contributed by atoms with Crippen molar-refractivity contribution in [2.75, 3.05) is 12.3 Å². The van der Waals surface area contributed by atoms with E-state index in [9.17, 15) is 10.2 Å². The number of fused-ring (bicyclic) bond motifs is 1. The van der Waals surface area contributed by atoms with Gasteiger partial charge in [-0.2, -0.15) is 0 Å². The highest BCUT2D eigenvalue weighted by Gasteiger charge is 2.46. The lowest BCUT2D eigenvalue weighted by Crippen LogP contribution is -2.34. The standard InChI is InChI=1S/C12H13N5O4/c1-2-20-9-8(19)6(3-18)21-12(9)17-5-16-7-10(13)14-4-15-11(7)17/h1,4-6,8-9,12,18-19H,3H2,(H2,13,14,15)/t6-,8-,9+,12-/m1/s1. The molecule has 1 fully saturated rings. The summed E-state index contributed by atoms with van der Waals surface area (Å²) in [5, 5.41) is 19.3. The number of nitrogens with two attached hydrogens (primary N) is 1. The highest BCUT2D eigenvalue weighted by atomic mass is 16.6. The Hall–Kier alpha value is -2.41. The Morgan fingerprint density at radius 2 is 2.29 bits per heavy atom. The van der Waals surface area contributed by atoms with Crippen LogP contribution in [-0.4, -0.2) is 54.7 Å². The number of ether oxygens (including phenoxy) is 2. The molecule has 0 radical (unpaired) electrons. The van der Waals surface area contributed by atoms with Crippen LogP contribution in [0, 0.1) is 12.5 Å². The summed E-state index contributed by atoms with van der Waals surface area (Å²) in [4.78, 5) is 12.1. The molecule has 0 saturated carbocycles. The van der Waals surface area contributed by atoms with Crippen molar-refractivity contribution in [2.24, 2.45) is 0 Å². The van der Waals surface area contributed by atoms with Crippen molar-refractivity contribution >= 4 is 17.0 Å². The Morgan fingerprint density at radius 1 is 1.48 bits per heavy atom. The van der Waals surface area contributed by atoms with Gasteiger partial charge in [-0.15, -0.1) is 0 Å². The molecule has 21 heavy (non-hydrogen) atoms. The molecule has 0 bridgehead atoms. The van der Waals surface area contributed by atoms with Gasteiger partial charge in [-0.05, 0) is 0 Å². The number of aromatic nitrogens is 4. The van der Waals surface area contributed by atoms with Crippen LogP contribution in [0.3, 0.4) is 0 Å². The lowest BCUT2D eigenvalue weighted by atomic mass is 10.1. The maximum atomic E-state index is 10.1. The number of nitrogen functional groups attached to an aromatic ring is 1. The van der Waals surface area contributed by atoms with Gasteiger partial charge in [0.05, 0.1) is 12.9 Å². The van der Waals surface area contributed by atoms with E-state index in [2.05, 4.69) is 15.0 Å². The minimum atomic E-state index is -1.08. The Labute approximate surface area is 119 Å². The molecule has 9 nitrogen and oxygen atoms in total. The van der Waals surface area contributed by atoms with Gasteiger partial charge in [0, 0.05) is 0 Å². The molecule has 4 atom stereocenters. The van der Waals surface area contributed by atoms with Gasteiger partial charge in [-0.1, -0.05) is 6.42 Å². The van der Waals surface area contributed by atoms with E-state index in [1.807, 2.05) is 6.11 Å². The molecule has 2 aromatic rings. The Bertz CT molecular complexity index is 697. The van der Waals surface area contributed by atoms with E-state index in [-0.39, 0.29) is 12.4 Å². The maximum absolute atomic E-state index is 10.1. The number of nitrogens with zero attached hydrogens (tertiary/aromatic N) is 4. The van der Waals surface area contributed by atoms with Crippen molar-refractivity contribution in [2.45, 2.75) is 24.5 Å². The molecule has 0 amide bonds. The van der Waals surface area contributed by atoms with Crippen LogP contribution in [0.25, 0.3) is 11.2 Å². The Morgan fingerprint density at radius 3 is 3.00 bits per heavy atom. The van der Waals surface area contributed by atoms with Crippen LogP contribution in [0.5, 0.6) is 0 Å². The summed E-state index contributed by atoms with van der Waals surface area (Å²) < 4.78 is 12.2. The van der Waals surface area contributed by atoms with Gasteiger partial charge in [-0.3, -0.25) is 4.57 Å². The topological polar surface area (TPSA) is 129 Å². The van der Waals surface area contributed by atoms with Crippen molar-refractivity contribution in [3.63, 3.8) is 0 Å². The first-order chi connectivity index (χ1) is 10.2. The van der Waals surface area contributed by atoms with Gasteiger partial charge in [0.2, 0.25) is 0 Å². The lowest BCUT2D eigenvalue weighted by Gasteiger charge is -2.19. The minimum Gasteiger partial charge on any atom is -0.436 e. The van der Waals surface area contributed by atoms with Crippen LogP contribution in [0.1, 0.15) is 6.23 Å². The van der Waals surface area contributed by atoms with Crippen molar-refractivity contribution in [3.8, 4) is 12.5 Å². The molecular formula is C12H13N5O4. The second-order valence-electron chi connectivity index (χ2n) is 4.52. The molecule has 0 aliphatic carbocycles. The summed E-state index contributed by atoms with van der Waals surface area (Å²) in [5.74, 6) is 0.227. The zero-order valence-electron chi connectivity index (χ0n) is 10.8. The van der Waals surface area contributed by atoms with E-state index in [1.165, 1.54) is 17.2 Å². The van der Waals surface area contributed by atoms with Crippen molar-refractivity contribution in [1.82, 2.24) is 19.5 Å². The van der Waals surface area contributed by atoms with Crippen molar-refractivity contribution in [1.29, 1.82) is 0 Å². The maximum Gasteiger partial charge on any atom is 0.184 e. The summed E-state index contributed by atoms with van der Waals surface area (Å²) in [6, 6.07) is 0. The molecular weight excluding hydrogens is 278 g/mol. The van der Waals surface area contributed by atoms with Crippen LogP contribution >= 0.6 is 0 Å². The number of hydrogen-bond acceptors (Lipinski definition) is 8. The fourth-order valence-corrected chi connectivity index (χ4v) is 2.35. The molecule has 0 unspecified atom stereocenters. The molecule has 3 rings (SSSR count). The zero-order valence-corrected chi connectivity index (χ0v) is 10.8. The average Bonchev–Trinajstić information content (AvgIpc) is 3.03. The van der Waals surface area contributed by atoms with Crippen LogP contribution in [0.4, 0.5) is 5.82 Å². The molecule has 0 aromatic carbocycles. The molecule has 9 heteroatoms. The zero-order chi connectivity index (χ0) is 15.0. The number of aliphatic hydroxyl groups is 2. The monoisotopic (exact) mass is 291 g/mol. The molecule has 0 spiro atoms. The fraction of sp³-hybridized carbons (Fsp3) is 0.417. The minimum absolute atomic E-state index is 0.227. The average molecular weight is 291 g/mol. The van der Waals surface area contributed by atoms with Gasteiger partial charge in [0.25, 0.3) is 0 Å². The second-order valence-corrected chi connectivity index (χ2v) is 4.52. The molecule has 3 heterocycles. The van der Waals surface area contributed by atoms with E-state index >= 15 is 0 Å². The summed E-state index contributed by atoms with van der Waals surface area (Å²) in [6.45, 7) is -0.369. The number of terminal acetylenes is 1. The van der Waals surface area contributed by atoms with E-state index in [4.69, 9.17) is 21.6 Å². The summed E-state index contributed by atoms with van der Waals surface area (Å²) in [7, 11) is 0. The fourth-order valence-electron chi connectivity index (χ4n) is 2.35. The van der Waals surface area contributed by atoms with E-state index in [0.717, 1.165) is 0 Å². The summed E-state index contributed by atoms with van der Waals surface area (Å²) in [5.41, 5.74) is 6.55. The number of aliphatic hydroxyl groups excluding tert-OH is 2. The van der Waals surface area contributed by atoms with Gasteiger partial charge >= 0.3 is 0 Å². The van der Waals surface area contributed by atoms with Gasteiger partial charge in [-0.25, -0.2) is 15.0 Å². The van der Waals surface area contributed by atoms with Gasteiger partial charge in [0.15, 0.2) is 23.8 Å². The first kappa shape index (κ1) is 13.6. The lowest BCUT2D eigenvalue weighted by molar-refractivity contribution is -0.0510. The molecule has 1 aliphatic rings. The van der Waals surface area contributed by atoms with Crippen molar-refractivity contribution in [3.05, 3.63) is 12.7 Å². The Kier molecular flexibility index (Phi) is 3.34. The predicted molar refractivity (Wildman–Crippen MR) is 70.4 cm³/mol. The third-order valence-electron chi connectivity index (χ3n) is 3.36. The summed E-state index contributed by atoms with van der Waals surface area (Å²) in [6.07, 6.45) is 6.36. The van der Waals surface area contributed by atoms with Crippen molar-refractivity contribution < 1.29 is 19.7 Å². The van der Waals surface area contributed by atoms with Crippen LogP contribution < -0.4 is 5.73 Å². The molecule has 2 aromatic heterocycles. The largest absolute Gasteiger partial charge is 0.436 e. The van der Waals surface area contributed by atoms with E-state index in [1.54, 1.807) is 0 Å². The third kappa shape index (κ3) is 2.06. The third-order valence-corrected chi connectivity index (χ3v) is 3.36. The van der Waals surface area contributed by atoms with E-state index < -0.39 is 24.5 Å². The quantitative estimate of drug-likeness (QED) is 0.591. The highest BCUT2D eigenvalue weighted by molar-refractivity contribution is 5.81. The second kappa shape index (κ2) is 5.17. The molecule has 1 saturated heterocycles. The highest BCUT2D eigenvalue weighted by Crippen LogP contribution is 2.33. The first-order valence-electron chi connectivity index (χ1n) is 6.16. The van der Waals surface area contributed by atoms with Gasteiger partial charge < -0.3 is 25.4 Å². The SMILES string of the molecule is C#CO[C@H]1[C@H](O)[C@@H](CO)O[C@H]1n1cnc2c(N)ncnc21. The predicted octanol–water partition coefficient (Wildman–Crippen LogP) is -1.37. The van der Waals surface area contributed by atoms with Crippen LogP contribution in [0.2, 0.25) is 0 Å². The molecule has 4 N–H and O–H groups in total. The Balaban J connectivity index is 2.04. The number of rotatable bonds is 3. The van der Waals surface area contributed by atoms with E-state index in [0.29, 0.717) is 11.2 Å². The van der Waals surface area contributed by atoms with Gasteiger partial charge in [0.1, 0.15) is 30.2 Å². The smallest absolute Gasteiger partial charge is 0.184 e. The first-order valence-corrected chi connectivity index (χ1v) is 6.16. The van der Waals surface area contributed by atoms with Crippen LogP contribution in [-0.2, 0) is 9.47 Å². The normalized spacial score (nSPS) is 28.6. The number of imidazole rings is 1. The van der Waals surface area contributed by atoms with Crippen LogP contribution in [0.15, 0.2) is 12.7 Å². The summed E-state index contributed by atoms with van der Waals surface area (Å²) >= 11 is 0. The number of anilines is 1.